The van der Waals surface area contributed by atoms with E-state index in [-0.39, 0.29) is 24.4 Å². The number of aromatic nitrogens is 5. The van der Waals surface area contributed by atoms with Crippen LogP contribution < -0.4 is 5.32 Å². The van der Waals surface area contributed by atoms with Crippen LogP contribution in [0.2, 0.25) is 0 Å². The fraction of sp³-hybridized carbons (Fsp3) is 0.632. The van der Waals surface area contributed by atoms with Crippen molar-refractivity contribution < 1.29 is 9.59 Å². The van der Waals surface area contributed by atoms with Crippen LogP contribution in [0.15, 0.2) is 12.4 Å². The molecule has 0 aromatic carbocycles. The van der Waals surface area contributed by atoms with Gasteiger partial charge in [-0.05, 0) is 25.7 Å². The van der Waals surface area contributed by atoms with Crippen LogP contribution in [0.1, 0.15) is 44.3 Å². The molecule has 1 atom stereocenters. The molecule has 4 rings (SSSR count). The number of likely N-dealkylation sites (tertiary alicyclic amines) is 1. The molecule has 2 aliphatic heterocycles. The zero-order valence-corrected chi connectivity index (χ0v) is 16.3. The maximum Gasteiger partial charge on any atom is 0.239 e. The van der Waals surface area contributed by atoms with E-state index in [1.54, 1.807) is 15.8 Å². The highest BCUT2D eigenvalue weighted by atomic mass is 16.2. The number of hydrogen-bond donors (Lipinski definition) is 1. The lowest BCUT2D eigenvalue weighted by Crippen LogP contribution is -2.44. The topological polar surface area (TPSA) is 97.9 Å². The van der Waals surface area contributed by atoms with E-state index in [1.807, 2.05) is 13.2 Å². The summed E-state index contributed by atoms with van der Waals surface area (Å²) in [6.07, 6.45) is 9.65. The predicted octanol–water partition coefficient (Wildman–Crippen LogP) is 0.902. The van der Waals surface area contributed by atoms with Crippen LogP contribution in [0.5, 0.6) is 0 Å². The largest absolute Gasteiger partial charge is 0.352 e. The van der Waals surface area contributed by atoms with E-state index in [4.69, 9.17) is 0 Å². The van der Waals surface area contributed by atoms with Crippen LogP contribution in [0.25, 0.3) is 11.4 Å². The number of fused-ring (bicyclic) bond motifs is 1. The monoisotopic (exact) mass is 385 g/mol. The maximum absolute atomic E-state index is 12.5. The maximum atomic E-state index is 12.5. The molecule has 0 radical (unpaired) electrons. The smallest absolute Gasteiger partial charge is 0.239 e. The molecular weight excluding hydrogens is 358 g/mol. The van der Waals surface area contributed by atoms with Crippen molar-refractivity contribution in [2.24, 2.45) is 7.05 Å². The molecule has 2 amide bonds. The van der Waals surface area contributed by atoms with Crippen LogP contribution in [-0.4, -0.2) is 60.4 Å². The van der Waals surface area contributed by atoms with E-state index >= 15 is 0 Å². The molecule has 150 valence electrons. The van der Waals surface area contributed by atoms with Crippen LogP contribution in [-0.2, 0) is 29.6 Å². The average Bonchev–Trinajstić information content (AvgIpc) is 3.15. The van der Waals surface area contributed by atoms with Crippen molar-refractivity contribution in [3.05, 3.63) is 18.2 Å². The van der Waals surface area contributed by atoms with Crippen molar-refractivity contribution in [1.29, 1.82) is 0 Å². The first-order valence-electron chi connectivity index (χ1n) is 10.1. The Kier molecular flexibility index (Phi) is 5.40. The number of amides is 2. The minimum absolute atomic E-state index is 0.0644. The molecule has 2 aliphatic rings. The molecule has 9 heteroatoms. The van der Waals surface area contributed by atoms with Gasteiger partial charge in [0.25, 0.3) is 0 Å². The number of aryl methyl sites for hydroxylation is 2. The second-order valence-electron chi connectivity index (χ2n) is 7.71. The lowest BCUT2D eigenvalue weighted by atomic mass is 10.1. The Labute approximate surface area is 164 Å². The summed E-state index contributed by atoms with van der Waals surface area (Å²) in [5, 5.41) is 16.0. The summed E-state index contributed by atoms with van der Waals surface area (Å²) in [6, 6.07) is 0.0815. The third-order valence-corrected chi connectivity index (χ3v) is 5.58. The lowest BCUT2D eigenvalue weighted by molar-refractivity contribution is -0.135. The number of carbonyl (C=O) groups is 2. The summed E-state index contributed by atoms with van der Waals surface area (Å²) in [7, 11) is 1.88. The summed E-state index contributed by atoms with van der Waals surface area (Å²) in [5.41, 5.74) is 0.948. The Balaban J connectivity index is 1.36. The Morgan fingerprint density at radius 1 is 1.18 bits per heavy atom. The molecule has 1 fully saturated rings. The van der Waals surface area contributed by atoms with Gasteiger partial charge in [-0.25, -0.2) is 0 Å². The van der Waals surface area contributed by atoms with Gasteiger partial charge >= 0.3 is 0 Å². The van der Waals surface area contributed by atoms with Gasteiger partial charge in [0, 0.05) is 45.2 Å². The predicted molar refractivity (Wildman–Crippen MR) is 102 cm³/mol. The minimum atomic E-state index is -0.0644. The van der Waals surface area contributed by atoms with Crippen LogP contribution in [0.3, 0.4) is 0 Å². The van der Waals surface area contributed by atoms with Crippen molar-refractivity contribution in [2.75, 3.05) is 13.1 Å². The van der Waals surface area contributed by atoms with Gasteiger partial charge in [-0.15, -0.1) is 10.2 Å². The molecule has 2 aromatic rings. The summed E-state index contributed by atoms with van der Waals surface area (Å²) < 4.78 is 3.88. The zero-order valence-electron chi connectivity index (χ0n) is 16.3. The molecular formula is C19H27N7O2. The molecule has 9 nitrogen and oxygen atoms in total. The van der Waals surface area contributed by atoms with Gasteiger partial charge in [0.05, 0.1) is 18.3 Å². The Bertz CT molecular complexity index is 856. The van der Waals surface area contributed by atoms with E-state index in [2.05, 4.69) is 25.2 Å². The molecule has 28 heavy (non-hydrogen) atoms. The van der Waals surface area contributed by atoms with E-state index in [0.29, 0.717) is 13.0 Å². The number of hydrogen-bond acceptors (Lipinski definition) is 5. The van der Waals surface area contributed by atoms with Gasteiger partial charge in [0.15, 0.2) is 5.82 Å². The van der Waals surface area contributed by atoms with Crippen molar-refractivity contribution in [3.8, 4) is 11.4 Å². The van der Waals surface area contributed by atoms with Crippen LogP contribution in [0, 0.1) is 0 Å². The molecule has 0 spiro atoms. The Hall–Kier alpha value is -2.71. The number of nitrogens with zero attached hydrogens (tertiary/aromatic N) is 6. The quantitative estimate of drug-likeness (QED) is 0.843. The molecule has 1 unspecified atom stereocenters. The van der Waals surface area contributed by atoms with Crippen molar-refractivity contribution in [2.45, 2.75) is 57.5 Å². The highest BCUT2D eigenvalue weighted by Gasteiger charge is 2.24. The second kappa shape index (κ2) is 8.12. The second-order valence-corrected chi connectivity index (χ2v) is 7.71. The summed E-state index contributed by atoms with van der Waals surface area (Å²) in [5.74, 6) is 1.80. The number of nitrogens with one attached hydrogen (secondary N) is 1. The summed E-state index contributed by atoms with van der Waals surface area (Å²) in [4.78, 5) is 26.3. The molecule has 2 aromatic heterocycles. The first-order valence-corrected chi connectivity index (χ1v) is 10.1. The highest BCUT2D eigenvalue weighted by Crippen LogP contribution is 2.22. The fourth-order valence-electron chi connectivity index (χ4n) is 4.03. The molecule has 0 bridgehead atoms. The van der Waals surface area contributed by atoms with Crippen molar-refractivity contribution in [3.63, 3.8) is 0 Å². The van der Waals surface area contributed by atoms with Gasteiger partial charge in [-0.2, -0.15) is 5.10 Å². The summed E-state index contributed by atoms with van der Waals surface area (Å²) >= 11 is 0. The van der Waals surface area contributed by atoms with Gasteiger partial charge in [-0.1, -0.05) is 6.42 Å². The van der Waals surface area contributed by atoms with Crippen LogP contribution >= 0.6 is 0 Å². The van der Waals surface area contributed by atoms with E-state index < -0.39 is 0 Å². The van der Waals surface area contributed by atoms with E-state index in [9.17, 15) is 9.59 Å². The SMILES string of the molecule is Cn1cc(-c2nnc3n2CCC(NC(=O)CN2CCCCCC2=O)CC3)cn1. The average molecular weight is 385 g/mol. The van der Waals surface area contributed by atoms with E-state index in [0.717, 1.165) is 62.3 Å². The first kappa shape index (κ1) is 18.6. The van der Waals surface area contributed by atoms with Gasteiger partial charge in [-0.3, -0.25) is 14.3 Å². The van der Waals surface area contributed by atoms with E-state index in [1.165, 1.54) is 0 Å². The number of rotatable bonds is 4. The minimum Gasteiger partial charge on any atom is -0.352 e. The molecule has 4 heterocycles. The van der Waals surface area contributed by atoms with Crippen molar-refractivity contribution in [1.82, 2.24) is 34.8 Å². The molecule has 1 N–H and O–H groups in total. The van der Waals surface area contributed by atoms with Crippen molar-refractivity contribution >= 4 is 11.8 Å². The summed E-state index contributed by atoms with van der Waals surface area (Å²) in [6.45, 7) is 1.61. The highest BCUT2D eigenvalue weighted by molar-refractivity contribution is 5.85. The zero-order chi connectivity index (χ0) is 19.5. The molecule has 0 aliphatic carbocycles. The standard InChI is InChI=1S/C19H27N7O2/c1-24-12-14(11-20-24)19-23-22-16-7-6-15(8-10-26(16)19)21-17(27)13-25-9-4-2-3-5-18(25)28/h11-12,15H,2-10,13H2,1H3,(H,21,27). The third-order valence-electron chi connectivity index (χ3n) is 5.58. The third kappa shape index (κ3) is 4.07. The Morgan fingerprint density at radius 2 is 2.07 bits per heavy atom. The van der Waals surface area contributed by atoms with Gasteiger partial charge in [0.1, 0.15) is 5.82 Å². The van der Waals surface area contributed by atoms with Crippen LogP contribution in [0.4, 0.5) is 0 Å². The van der Waals surface area contributed by atoms with Gasteiger partial charge in [0.2, 0.25) is 11.8 Å². The lowest BCUT2D eigenvalue weighted by Gasteiger charge is -2.22. The Morgan fingerprint density at radius 3 is 2.89 bits per heavy atom. The van der Waals surface area contributed by atoms with Gasteiger partial charge < -0.3 is 14.8 Å². The normalized spacial score (nSPS) is 20.4. The molecule has 0 saturated carbocycles. The first-order chi connectivity index (χ1) is 13.6. The fourth-order valence-corrected chi connectivity index (χ4v) is 4.03. The molecule has 1 saturated heterocycles. The number of carbonyl (C=O) groups excluding carboxylic acids is 2.